The summed E-state index contributed by atoms with van der Waals surface area (Å²) in [4.78, 5) is 45.7. The number of phosphoric ester groups is 1. The van der Waals surface area contributed by atoms with E-state index in [9.17, 15) is 23.8 Å². The van der Waals surface area contributed by atoms with Crippen molar-refractivity contribution in [2.75, 3.05) is 19.8 Å². The van der Waals surface area contributed by atoms with Gasteiger partial charge in [0.2, 0.25) is 0 Å². The van der Waals surface area contributed by atoms with Crippen LogP contribution in [0.25, 0.3) is 0 Å². The van der Waals surface area contributed by atoms with Crippen molar-refractivity contribution in [3.05, 3.63) is 0 Å². The lowest BCUT2D eigenvalue weighted by atomic mass is 10.0. The fourth-order valence-electron chi connectivity index (χ4n) is 5.48. The number of nitrogens with two attached hydrogens (primary N) is 1. The highest BCUT2D eigenvalue weighted by Crippen LogP contribution is 2.43. The molecule has 0 saturated carbocycles. The van der Waals surface area contributed by atoms with Gasteiger partial charge in [0.25, 0.3) is 0 Å². The lowest BCUT2D eigenvalue weighted by Crippen LogP contribution is -2.34. The van der Waals surface area contributed by atoms with Crippen LogP contribution in [0.2, 0.25) is 0 Å². The number of hydrogen-bond donors (Lipinski definition) is 3. The molecule has 0 aromatic carbocycles. The maximum Gasteiger partial charge on any atom is 0.472 e. The highest BCUT2D eigenvalue weighted by atomic mass is 31.2. The molecule has 0 saturated heterocycles. The molecule has 0 heterocycles. The molecule has 12 heteroatoms. The van der Waals surface area contributed by atoms with Crippen molar-refractivity contribution in [1.82, 2.24) is 0 Å². The van der Waals surface area contributed by atoms with Gasteiger partial charge in [-0.2, -0.15) is 0 Å². The molecule has 0 aliphatic rings. The second-order valence-electron chi connectivity index (χ2n) is 13.4. The summed E-state index contributed by atoms with van der Waals surface area (Å²) in [5, 5.41) is 8.85. The van der Waals surface area contributed by atoms with E-state index in [0.29, 0.717) is 12.8 Å². The van der Waals surface area contributed by atoms with Crippen molar-refractivity contribution in [2.45, 2.75) is 199 Å². The first-order valence-electron chi connectivity index (χ1n) is 19.6. The van der Waals surface area contributed by atoms with Crippen molar-refractivity contribution in [3.8, 4) is 0 Å². The summed E-state index contributed by atoms with van der Waals surface area (Å²) in [6.45, 7) is 2.79. The highest BCUT2D eigenvalue weighted by molar-refractivity contribution is 7.47. The SMILES string of the molecule is CCCCCCCCCCCCCCCCC(=O)OC(COC(=O)CCCCCCCCCCCCC)COP(=O)(O)OCC(N)C(=O)O. The number of aliphatic carboxylic acids is 1. The summed E-state index contributed by atoms with van der Waals surface area (Å²) in [6.07, 6.45) is 28.8. The van der Waals surface area contributed by atoms with Crippen molar-refractivity contribution in [3.63, 3.8) is 0 Å². The second kappa shape index (κ2) is 33.6. The number of carboxylic acids is 1. The van der Waals surface area contributed by atoms with Crippen LogP contribution < -0.4 is 5.73 Å². The first kappa shape index (κ1) is 47.5. The third-order valence-electron chi connectivity index (χ3n) is 8.61. The Morgan fingerprint density at radius 2 is 0.898 bits per heavy atom. The minimum Gasteiger partial charge on any atom is -0.480 e. The summed E-state index contributed by atoms with van der Waals surface area (Å²) in [7, 11) is -4.70. The number of esters is 2. The minimum atomic E-state index is -4.70. The largest absolute Gasteiger partial charge is 0.480 e. The first-order valence-corrected chi connectivity index (χ1v) is 21.1. The average molecular weight is 722 g/mol. The maximum absolute atomic E-state index is 12.6. The Kier molecular flexibility index (Phi) is 32.6. The zero-order valence-electron chi connectivity index (χ0n) is 31.1. The summed E-state index contributed by atoms with van der Waals surface area (Å²) in [5.74, 6) is -2.37. The third-order valence-corrected chi connectivity index (χ3v) is 9.56. The Balaban J connectivity index is 4.40. The summed E-state index contributed by atoms with van der Waals surface area (Å²) in [6, 6.07) is -1.51. The van der Waals surface area contributed by atoms with Gasteiger partial charge < -0.3 is 25.2 Å². The number of ether oxygens (including phenoxy) is 2. The lowest BCUT2D eigenvalue weighted by Gasteiger charge is -2.20. The van der Waals surface area contributed by atoms with E-state index in [1.165, 1.54) is 109 Å². The molecule has 11 nitrogen and oxygen atoms in total. The molecular formula is C37H72NO10P. The van der Waals surface area contributed by atoms with Gasteiger partial charge in [0.05, 0.1) is 13.2 Å². The monoisotopic (exact) mass is 721 g/mol. The molecule has 0 amide bonds. The van der Waals surface area contributed by atoms with E-state index >= 15 is 0 Å². The van der Waals surface area contributed by atoms with Crippen LogP contribution in [0.3, 0.4) is 0 Å². The van der Waals surface area contributed by atoms with Crippen molar-refractivity contribution >= 4 is 25.7 Å². The molecule has 0 radical (unpaired) electrons. The highest BCUT2D eigenvalue weighted by Gasteiger charge is 2.28. The van der Waals surface area contributed by atoms with E-state index in [2.05, 4.69) is 18.4 Å². The number of unbranched alkanes of at least 4 members (excludes halogenated alkanes) is 23. The maximum atomic E-state index is 12.6. The number of phosphoric acid groups is 1. The van der Waals surface area contributed by atoms with E-state index in [1.807, 2.05) is 0 Å². The van der Waals surface area contributed by atoms with Crippen molar-refractivity contribution in [2.24, 2.45) is 5.73 Å². The number of hydrogen-bond acceptors (Lipinski definition) is 9. The Labute approximate surface area is 297 Å². The van der Waals surface area contributed by atoms with Gasteiger partial charge in [-0.25, -0.2) is 4.57 Å². The fraction of sp³-hybridized carbons (Fsp3) is 0.919. The Morgan fingerprint density at radius 3 is 1.29 bits per heavy atom. The van der Waals surface area contributed by atoms with Gasteiger partial charge in [0.15, 0.2) is 6.10 Å². The van der Waals surface area contributed by atoms with Gasteiger partial charge in [-0.05, 0) is 12.8 Å². The van der Waals surface area contributed by atoms with Crippen molar-refractivity contribution < 1.29 is 47.5 Å². The van der Waals surface area contributed by atoms with Gasteiger partial charge in [0.1, 0.15) is 12.6 Å². The summed E-state index contributed by atoms with van der Waals surface area (Å²) < 4.78 is 32.6. The van der Waals surface area contributed by atoms with Crippen molar-refractivity contribution in [1.29, 1.82) is 0 Å². The molecule has 0 aromatic heterocycles. The van der Waals surface area contributed by atoms with Crippen LogP contribution in [-0.2, 0) is 37.5 Å². The lowest BCUT2D eigenvalue weighted by molar-refractivity contribution is -0.161. The zero-order valence-corrected chi connectivity index (χ0v) is 31.9. The molecular weight excluding hydrogens is 649 g/mol. The average Bonchev–Trinajstić information content (AvgIpc) is 3.07. The molecule has 0 spiro atoms. The van der Waals surface area contributed by atoms with Gasteiger partial charge >= 0.3 is 25.7 Å². The van der Waals surface area contributed by atoms with Gasteiger partial charge in [-0.1, -0.05) is 162 Å². The molecule has 4 N–H and O–H groups in total. The molecule has 0 rings (SSSR count). The molecule has 49 heavy (non-hydrogen) atoms. The van der Waals surface area contributed by atoms with E-state index in [0.717, 1.165) is 38.5 Å². The molecule has 0 aliphatic heterocycles. The number of rotatable bonds is 37. The molecule has 0 fully saturated rings. The van der Waals surface area contributed by atoms with E-state index < -0.39 is 51.1 Å². The minimum absolute atomic E-state index is 0.169. The topological polar surface area (TPSA) is 172 Å². The molecule has 3 atom stereocenters. The Morgan fingerprint density at radius 1 is 0.551 bits per heavy atom. The van der Waals surface area contributed by atoms with E-state index in [1.54, 1.807) is 0 Å². The summed E-state index contributed by atoms with van der Waals surface area (Å²) >= 11 is 0. The fourth-order valence-corrected chi connectivity index (χ4v) is 6.26. The predicted octanol–water partition coefficient (Wildman–Crippen LogP) is 9.56. The first-order chi connectivity index (χ1) is 23.6. The molecule has 290 valence electrons. The van der Waals surface area contributed by atoms with Crippen LogP contribution in [0, 0.1) is 0 Å². The van der Waals surface area contributed by atoms with Gasteiger partial charge in [0, 0.05) is 12.8 Å². The summed E-state index contributed by atoms with van der Waals surface area (Å²) in [5.41, 5.74) is 5.31. The van der Waals surface area contributed by atoms with Crippen LogP contribution >= 0.6 is 7.82 Å². The number of carboxylic acid groups (broad SMARTS) is 1. The molecule has 3 unspecified atom stereocenters. The van der Waals surface area contributed by atoms with Crippen LogP contribution in [-0.4, -0.2) is 59.9 Å². The van der Waals surface area contributed by atoms with Gasteiger partial charge in [-0.3, -0.25) is 23.4 Å². The van der Waals surface area contributed by atoms with E-state index in [-0.39, 0.29) is 19.4 Å². The molecule has 0 aliphatic carbocycles. The third kappa shape index (κ3) is 33.4. The van der Waals surface area contributed by atoms with Gasteiger partial charge in [-0.15, -0.1) is 0 Å². The predicted molar refractivity (Wildman–Crippen MR) is 194 cm³/mol. The Hall–Kier alpha value is -1.52. The molecule has 0 aromatic rings. The molecule has 0 bridgehead atoms. The van der Waals surface area contributed by atoms with Crippen LogP contribution in [0.5, 0.6) is 0 Å². The second-order valence-corrected chi connectivity index (χ2v) is 14.9. The number of carbonyl (C=O) groups is 3. The van der Waals surface area contributed by atoms with E-state index in [4.69, 9.17) is 24.8 Å². The normalized spacial score (nSPS) is 13.9. The zero-order chi connectivity index (χ0) is 36.4. The standard InChI is InChI=1S/C37H72NO10P/c1-3-5-7-9-11-13-15-16-17-19-21-23-25-27-29-36(40)48-33(31-46-49(43,44)47-32-34(38)37(41)42)30-45-35(39)28-26-24-22-20-18-14-12-10-8-6-4-2/h33-34H,3-32,38H2,1-2H3,(H,41,42)(H,43,44). The number of carbonyl (C=O) groups excluding carboxylic acids is 2. The van der Waals surface area contributed by atoms with Crippen LogP contribution in [0.1, 0.15) is 187 Å². The van der Waals surface area contributed by atoms with Crippen LogP contribution in [0.15, 0.2) is 0 Å². The van der Waals surface area contributed by atoms with Crippen LogP contribution in [0.4, 0.5) is 0 Å². The quantitative estimate of drug-likeness (QED) is 0.0317. The Bertz CT molecular complexity index is 859. The smallest absolute Gasteiger partial charge is 0.472 e.